The second-order valence-electron chi connectivity index (χ2n) is 4.97. The summed E-state index contributed by atoms with van der Waals surface area (Å²) in [6.45, 7) is 2.23. The molecule has 2 atom stereocenters. The van der Waals surface area contributed by atoms with Crippen LogP contribution in [0.3, 0.4) is 0 Å². The van der Waals surface area contributed by atoms with Gasteiger partial charge in [-0.15, -0.1) is 0 Å². The molecule has 1 aromatic carbocycles. The van der Waals surface area contributed by atoms with Gasteiger partial charge in [0.05, 0.1) is 0 Å². The topological polar surface area (TPSA) is 52.6 Å². The zero-order valence-corrected chi connectivity index (χ0v) is 10.9. The number of carboxylic acid groups (broad SMARTS) is 1. The molecule has 2 rings (SSSR count). The van der Waals surface area contributed by atoms with Crippen LogP contribution in [-0.4, -0.2) is 43.2 Å². The van der Waals surface area contributed by atoms with E-state index in [-0.39, 0.29) is 0 Å². The molecule has 0 saturated carbocycles. The second-order valence-corrected chi connectivity index (χ2v) is 4.97. The number of likely N-dealkylation sites (tertiary alicyclic amines) is 1. The van der Waals surface area contributed by atoms with Crippen molar-refractivity contribution in [1.29, 1.82) is 0 Å². The van der Waals surface area contributed by atoms with Gasteiger partial charge in [0.1, 0.15) is 6.04 Å². The van der Waals surface area contributed by atoms with Crippen LogP contribution in [0.5, 0.6) is 0 Å². The highest BCUT2D eigenvalue weighted by atomic mass is 16.4. The van der Waals surface area contributed by atoms with Gasteiger partial charge in [-0.2, -0.15) is 0 Å². The molecule has 2 unspecified atom stereocenters. The first-order chi connectivity index (χ1) is 8.61. The van der Waals surface area contributed by atoms with E-state index in [0.717, 1.165) is 18.7 Å². The van der Waals surface area contributed by atoms with Crippen molar-refractivity contribution in [2.75, 3.05) is 27.2 Å². The third kappa shape index (κ3) is 2.71. The Bertz CT molecular complexity index is 416. The van der Waals surface area contributed by atoms with Crippen LogP contribution in [0.25, 0.3) is 0 Å². The number of nitrogens with one attached hydrogen (secondary N) is 1. The summed E-state index contributed by atoms with van der Waals surface area (Å²) in [4.78, 5) is 13.4. The number of aliphatic carboxylic acids is 1. The quantitative estimate of drug-likeness (QED) is 0.847. The third-order valence-corrected chi connectivity index (χ3v) is 3.67. The molecule has 1 aliphatic heterocycles. The van der Waals surface area contributed by atoms with E-state index in [1.807, 2.05) is 12.1 Å². The molecule has 4 nitrogen and oxygen atoms in total. The number of likely N-dealkylation sites (N-methyl/N-ethyl adjacent to an activating group) is 2. The monoisotopic (exact) mass is 248 g/mol. The van der Waals surface area contributed by atoms with Crippen LogP contribution >= 0.6 is 0 Å². The van der Waals surface area contributed by atoms with E-state index in [1.54, 1.807) is 7.05 Å². The van der Waals surface area contributed by atoms with Gasteiger partial charge in [-0.25, -0.2) is 0 Å². The molecule has 1 heterocycles. The summed E-state index contributed by atoms with van der Waals surface area (Å²) in [5.74, 6) is -0.257. The standard InChI is InChI=1S/C14H20N2O2/c1-15-13(14(17)18)11-5-3-10(4-6-11)12-7-8-16(2)9-12/h3-6,12-13,15H,7-9H2,1-2H3,(H,17,18). The molecule has 0 spiro atoms. The van der Waals surface area contributed by atoms with Crippen LogP contribution in [0.4, 0.5) is 0 Å². The van der Waals surface area contributed by atoms with Crippen LogP contribution in [0.2, 0.25) is 0 Å². The minimum Gasteiger partial charge on any atom is -0.480 e. The van der Waals surface area contributed by atoms with Gasteiger partial charge in [-0.1, -0.05) is 24.3 Å². The molecule has 0 aliphatic carbocycles. The SMILES string of the molecule is CNC(C(=O)O)c1ccc(C2CCN(C)C2)cc1. The predicted octanol–water partition coefficient (Wildman–Crippen LogP) is 1.45. The fraction of sp³-hybridized carbons (Fsp3) is 0.500. The normalized spacial score (nSPS) is 22.0. The molecular weight excluding hydrogens is 228 g/mol. The van der Waals surface area contributed by atoms with Crippen LogP contribution in [0.1, 0.15) is 29.5 Å². The average molecular weight is 248 g/mol. The Hall–Kier alpha value is -1.39. The van der Waals surface area contributed by atoms with E-state index < -0.39 is 12.0 Å². The first-order valence-electron chi connectivity index (χ1n) is 6.30. The van der Waals surface area contributed by atoms with Crippen molar-refractivity contribution in [3.63, 3.8) is 0 Å². The molecule has 1 aliphatic rings. The van der Waals surface area contributed by atoms with Gasteiger partial charge in [0.25, 0.3) is 0 Å². The van der Waals surface area contributed by atoms with E-state index in [9.17, 15) is 4.79 Å². The van der Waals surface area contributed by atoms with Crippen molar-refractivity contribution < 1.29 is 9.90 Å². The molecular formula is C14H20N2O2. The minimum atomic E-state index is -0.842. The maximum Gasteiger partial charge on any atom is 0.325 e. The lowest BCUT2D eigenvalue weighted by Gasteiger charge is -2.14. The second kappa shape index (κ2) is 5.50. The number of hydrogen-bond acceptors (Lipinski definition) is 3. The molecule has 0 radical (unpaired) electrons. The van der Waals surface area contributed by atoms with Crippen LogP contribution < -0.4 is 5.32 Å². The highest BCUT2D eigenvalue weighted by molar-refractivity contribution is 5.75. The van der Waals surface area contributed by atoms with Crippen LogP contribution in [-0.2, 0) is 4.79 Å². The Morgan fingerprint density at radius 3 is 2.56 bits per heavy atom. The molecule has 98 valence electrons. The smallest absolute Gasteiger partial charge is 0.325 e. The third-order valence-electron chi connectivity index (χ3n) is 3.67. The summed E-state index contributed by atoms with van der Waals surface area (Å²) in [6.07, 6.45) is 1.18. The minimum absolute atomic E-state index is 0.585. The van der Waals surface area contributed by atoms with Gasteiger partial charge in [0, 0.05) is 6.54 Å². The first kappa shape index (κ1) is 13.1. The van der Waals surface area contributed by atoms with Crippen molar-refractivity contribution in [3.05, 3.63) is 35.4 Å². The summed E-state index contributed by atoms with van der Waals surface area (Å²) in [5.41, 5.74) is 2.11. The van der Waals surface area contributed by atoms with E-state index in [2.05, 4.69) is 29.4 Å². The number of carbonyl (C=O) groups is 1. The Labute approximate surface area is 108 Å². The van der Waals surface area contributed by atoms with E-state index in [1.165, 1.54) is 12.0 Å². The van der Waals surface area contributed by atoms with E-state index in [0.29, 0.717) is 5.92 Å². The number of carboxylic acids is 1. The Kier molecular flexibility index (Phi) is 3.99. The molecule has 18 heavy (non-hydrogen) atoms. The lowest BCUT2D eigenvalue weighted by Crippen LogP contribution is -2.24. The Morgan fingerprint density at radius 1 is 1.44 bits per heavy atom. The van der Waals surface area contributed by atoms with Gasteiger partial charge in [-0.3, -0.25) is 4.79 Å². The van der Waals surface area contributed by atoms with Crippen molar-refractivity contribution in [2.24, 2.45) is 0 Å². The fourth-order valence-corrected chi connectivity index (χ4v) is 2.60. The number of rotatable bonds is 4. The van der Waals surface area contributed by atoms with Crippen LogP contribution in [0.15, 0.2) is 24.3 Å². The van der Waals surface area contributed by atoms with Gasteiger partial charge in [-0.05, 0) is 44.1 Å². The molecule has 0 amide bonds. The maximum atomic E-state index is 11.0. The summed E-state index contributed by atoms with van der Waals surface area (Å²) >= 11 is 0. The molecule has 0 bridgehead atoms. The van der Waals surface area contributed by atoms with E-state index >= 15 is 0 Å². The zero-order valence-electron chi connectivity index (χ0n) is 10.9. The van der Waals surface area contributed by atoms with Gasteiger partial charge in [0.2, 0.25) is 0 Å². The highest BCUT2D eigenvalue weighted by Crippen LogP contribution is 2.27. The predicted molar refractivity (Wildman–Crippen MR) is 70.7 cm³/mol. The summed E-state index contributed by atoms with van der Waals surface area (Å²) in [7, 11) is 3.80. The maximum absolute atomic E-state index is 11.0. The summed E-state index contributed by atoms with van der Waals surface area (Å²) in [6, 6.07) is 7.34. The molecule has 1 fully saturated rings. The van der Waals surface area contributed by atoms with Crippen molar-refractivity contribution in [1.82, 2.24) is 10.2 Å². The first-order valence-corrected chi connectivity index (χ1v) is 6.30. The Balaban J connectivity index is 2.12. The lowest BCUT2D eigenvalue weighted by atomic mass is 9.96. The fourth-order valence-electron chi connectivity index (χ4n) is 2.60. The largest absolute Gasteiger partial charge is 0.480 e. The Morgan fingerprint density at radius 2 is 2.11 bits per heavy atom. The van der Waals surface area contributed by atoms with E-state index in [4.69, 9.17) is 5.11 Å². The zero-order chi connectivity index (χ0) is 13.1. The van der Waals surface area contributed by atoms with Gasteiger partial charge in [0.15, 0.2) is 0 Å². The van der Waals surface area contributed by atoms with Gasteiger partial charge < -0.3 is 15.3 Å². The molecule has 4 heteroatoms. The molecule has 1 saturated heterocycles. The highest BCUT2D eigenvalue weighted by Gasteiger charge is 2.22. The molecule has 0 aromatic heterocycles. The van der Waals surface area contributed by atoms with Crippen molar-refractivity contribution >= 4 is 5.97 Å². The van der Waals surface area contributed by atoms with Crippen LogP contribution in [0, 0.1) is 0 Å². The molecule has 2 N–H and O–H groups in total. The average Bonchev–Trinajstić information content (AvgIpc) is 2.77. The number of benzene rings is 1. The van der Waals surface area contributed by atoms with Crippen molar-refractivity contribution in [2.45, 2.75) is 18.4 Å². The summed E-state index contributed by atoms with van der Waals surface area (Å²) < 4.78 is 0. The number of hydrogen-bond donors (Lipinski definition) is 2. The van der Waals surface area contributed by atoms with Crippen molar-refractivity contribution in [3.8, 4) is 0 Å². The van der Waals surface area contributed by atoms with Gasteiger partial charge >= 0.3 is 5.97 Å². The lowest BCUT2D eigenvalue weighted by molar-refractivity contribution is -0.139. The summed E-state index contributed by atoms with van der Waals surface area (Å²) in [5, 5.41) is 11.9. The molecule has 1 aromatic rings. The number of nitrogens with zero attached hydrogens (tertiary/aromatic N) is 1.